The standard InChI is InChI=1S/C9H7NO4S/c1-2-14-8(11)4-3-7-10-6(5-15-7)9(12)13/h5H,2H2,1H3,(H,12,13). The number of hydrogen-bond acceptors (Lipinski definition) is 5. The molecule has 0 aliphatic heterocycles. The van der Waals surface area contributed by atoms with Gasteiger partial charge in [-0.25, -0.2) is 14.6 Å². The molecule has 0 atom stereocenters. The lowest BCUT2D eigenvalue weighted by Crippen LogP contribution is -1.99. The van der Waals surface area contributed by atoms with Gasteiger partial charge in [0.25, 0.3) is 0 Å². The van der Waals surface area contributed by atoms with Crippen molar-refractivity contribution in [3.63, 3.8) is 0 Å². The average molecular weight is 225 g/mol. The van der Waals surface area contributed by atoms with Crippen LogP contribution in [0, 0.1) is 11.8 Å². The van der Waals surface area contributed by atoms with Gasteiger partial charge in [0.05, 0.1) is 6.61 Å². The first-order valence-electron chi connectivity index (χ1n) is 4.01. The van der Waals surface area contributed by atoms with Crippen LogP contribution in [-0.2, 0) is 9.53 Å². The highest BCUT2D eigenvalue weighted by atomic mass is 32.1. The molecule has 78 valence electrons. The van der Waals surface area contributed by atoms with Crippen LogP contribution in [0.25, 0.3) is 0 Å². The zero-order valence-electron chi connectivity index (χ0n) is 7.81. The van der Waals surface area contributed by atoms with Crippen molar-refractivity contribution in [2.75, 3.05) is 6.61 Å². The number of aromatic nitrogens is 1. The Morgan fingerprint density at radius 3 is 2.93 bits per heavy atom. The minimum Gasteiger partial charge on any atom is -0.476 e. The second-order valence-corrected chi connectivity index (χ2v) is 3.17. The van der Waals surface area contributed by atoms with E-state index in [0.29, 0.717) is 0 Å². The minimum absolute atomic E-state index is 0.0758. The summed E-state index contributed by atoms with van der Waals surface area (Å²) in [6, 6.07) is 0. The van der Waals surface area contributed by atoms with Crippen molar-refractivity contribution in [3.8, 4) is 11.8 Å². The van der Waals surface area contributed by atoms with Crippen molar-refractivity contribution >= 4 is 23.3 Å². The number of nitrogens with zero attached hydrogens (tertiary/aromatic N) is 1. The van der Waals surface area contributed by atoms with E-state index >= 15 is 0 Å². The van der Waals surface area contributed by atoms with E-state index in [1.807, 2.05) is 0 Å². The molecule has 0 spiro atoms. The quantitative estimate of drug-likeness (QED) is 0.593. The maximum Gasteiger partial charge on any atom is 0.384 e. The molecule has 6 heteroatoms. The summed E-state index contributed by atoms with van der Waals surface area (Å²) in [4.78, 5) is 25.0. The van der Waals surface area contributed by atoms with Gasteiger partial charge in [-0.2, -0.15) is 0 Å². The Morgan fingerprint density at radius 2 is 2.40 bits per heavy atom. The van der Waals surface area contributed by atoms with Gasteiger partial charge in [-0.15, -0.1) is 11.3 Å². The van der Waals surface area contributed by atoms with E-state index < -0.39 is 11.9 Å². The summed E-state index contributed by atoms with van der Waals surface area (Å²) in [5.74, 6) is 2.86. The Morgan fingerprint density at radius 1 is 1.67 bits per heavy atom. The summed E-state index contributed by atoms with van der Waals surface area (Å²) in [5.41, 5.74) is -0.0758. The summed E-state index contributed by atoms with van der Waals surface area (Å²) < 4.78 is 4.57. The number of carbonyl (C=O) groups excluding carboxylic acids is 1. The fraction of sp³-hybridized carbons (Fsp3) is 0.222. The molecule has 1 rings (SSSR count). The largest absolute Gasteiger partial charge is 0.476 e. The van der Waals surface area contributed by atoms with Crippen LogP contribution in [0.4, 0.5) is 0 Å². The molecule has 0 aliphatic carbocycles. The Kier molecular flexibility index (Phi) is 3.83. The molecule has 0 aromatic carbocycles. The van der Waals surface area contributed by atoms with Crippen molar-refractivity contribution in [1.82, 2.24) is 4.98 Å². The first-order valence-corrected chi connectivity index (χ1v) is 4.89. The Balaban J connectivity index is 2.72. The van der Waals surface area contributed by atoms with Gasteiger partial charge in [0, 0.05) is 11.3 Å². The van der Waals surface area contributed by atoms with E-state index in [2.05, 4.69) is 21.6 Å². The summed E-state index contributed by atoms with van der Waals surface area (Å²) in [5, 5.41) is 10.2. The second-order valence-electron chi connectivity index (χ2n) is 2.31. The van der Waals surface area contributed by atoms with Gasteiger partial charge in [0.1, 0.15) is 0 Å². The van der Waals surface area contributed by atoms with E-state index in [4.69, 9.17) is 5.11 Å². The molecule has 0 aliphatic rings. The van der Waals surface area contributed by atoms with Crippen molar-refractivity contribution in [2.45, 2.75) is 6.92 Å². The van der Waals surface area contributed by atoms with E-state index in [0.717, 1.165) is 11.3 Å². The fourth-order valence-electron chi connectivity index (χ4n) is 0.701. The van der Waals surface area contributed by atoms with Crippen molar-refractivity contribution in [3.05, 3.63) is 16.1 Å². The molecule has 1 aromatic heterocycles. The maximum atomic E-state index is 10.8. The molecule has 0 bridgehead atoms. The molecule has 0 saturated heterocycles. The number of thiazole rings is 1. The maximum absolute atomic E-state index is 10.8. The van der Waals surface area contributed by atoms with E-state index in [1.165, 1.54) is 5.38 Å². The number of rotatable bonds is 2. The summed E-state index contributed by atoms with van der Waals surface area (Å²) in [6.07, 6.45) is 0. The van der Waals surface area contributed by atoms with Gasteiger partial charge in [-0.05, 0) is 12.8 Å². The number of carbonyl (C=O) groups is 2. The first kappa shape index (κ1) is 11.2. The highest BCUT2D eigenvalue weighted by Gasteiger charge is 2.06. The number of aromatic carboxylic acids is 1. The first-order chi connectivity index (χ1) is 7.13. The number of esters is 1. The second kappa shape index (κ2) is 5.12. The van der Waals surface area contributed by atoms with Crippen molar-refractivity contribution in [1.29, 1.82) is 0 Å². The van der Waals surface area contributed by atoms with Crippen molar-refractivity contribution in [2.24, 2.45) is 0 Å². The molecule has 1 aromatic rings. The Bertz CT molecular complexity index is 440. The number of carboxylic acids is 1. The lowest BCUT2D eigenvalue weighted by molar-refractivity contribution is -0.136. The number of carboxylic acid groups (broad SMARTS) is 1. The smallest absolute Gasteiger partial charge is 0.384 e. The topological polar surface area (TPSA) is 76.5 Å². The zero-order chi connectivity index (χ0) is 11.3. The Labute approximate surface area is 89.7 Å². The molecule has 1 heterocycles. The van der Waals surface area contributed by atoms with Crippen LogP contribution >= 0.6 is 11.3 Å². The third kappa shape index (κ3) is 3.40. The normalized spacial score (nSPS) is 8.87. The third-order valence-corrected chi connectivity index (χ3v) is 2.03. The molecule has 0 radical (unpaired) electrons. The highest BCUT2D eigenvalue weighted by Crippen LogP contribution is 2.07. The van der Waals surface area contributed by atoms with Crippen LogP contribution < -0.4 is 0 Å². The predicted octanol–water partition coefficient (Wildman–Crippen LogP) is 0.756. The van der Waals surface area contributed by atoms with Crippen LogP contribution in [0.3, 0.4) is 0 Å². The molecule has 15 heavy (non-hydrogen) atoms. The van der Waals surface area contributed by atoms with Crippen LogP contribution in [0.1, 0.15) is 22.4 Å². The molecule has 0 amide bonds. The van der Waals surface area contributed by atoms with Gasteiger partial charge < -0.3 is 9.84 Å². The third-order valence-electron chi connectivity index (χ3n) is 1.27. The minimum atomic E-state index is -1.12. The number of hydrogen-bond donors (Lipinski definition) is 1. The van der Waals surface area contributed by atoms with Gasteiger partial charge >= 0.3 is 11.9 Å². The molecule has 0 saturated carbocycles. The van der Waals surface area contributed by atoms with Gasteiger partial charge in [0.2, 0.25) is 0 Å². The molecule has 0 fully saturated rings. The number of ether oxygens (including phenoxy) is 1. The van der Waals surface area contributed by atoms with Crippen molar-refractivity contribution < 1.29 is 19.4 Å². The van der Waals surface area contributed by atoms with Crippen LogP contribution in [0.5, 0.6) is 0 Å². The monoisotopic (exact) mass is 225 g/mol. The van der Waals surface area contributed by atoms with Crippen LogP contribution in [0.2, 0.25) is 0 Å². The van der Waals surface area contributed by atoms with Gasteiger partial charge in [0.15, 0.2) is 10.7 Å². The van der Waals surface area contributed by atoms with Crippen LogP contribution in [0.15, 0.2) is 5.38 Å². The summed E-state index contributed by atoms with van der Waals surface area (Å²) >= 11 is 1.06. The summed E-state index contributed by atoms with van der Waals surface area (Å²) in [6.45, 7) is 1.93. The average Bonchev–Trinajstić information content (AvgIpc) is 2.63. The van der Waals surface area contributed by atoms with E-state index in [1.54, 1.807) is 6.92 Å². The van der Waals surface area contributed by atoms with E-state index in [-0.39, 0.29) is 17.3 Å². The zero-order valence-corrected chi connectivity index (χ0v) is 8.63. The highest BCUT2D eigenvalue weighted by molar-refractivity contribution is 7.10. The Hall–Kier alpha value is -1.87. The summed E-state index contributed by atoms with van der Waals surface area (Å²) in [7, 11) is 0. The molecule has 0 unspecified atom stereocenters. The van der Waals surface area contributed by atoms with Gasteiger partial charge in [-0.3, -0.25) is 0 Å². The molecular formula is C9H7NO4S. The lowest BCUT2D eigenvalue weighted by atomic mass is 10.5. The predicted molar refractivity (Wildman–Crippen MR) is 52.6 cm³/mol. The fourth-order valence-corrected chi connectivity index (χ4v) is 1.34. The van der Waals surface area contributed by atoms with Gasteiger partial charge in [-0.1, -0.05) is 0 Å². The molecule has 1 N–H and O–H groups in total. The van der Waals surface area contributed by atoms with E-state index in [9.17, 15) is 9.59 Å². The SMILES string of the molecule is CCOC(=O)C#Cc1nc(C(=O)O)cs1. The lowest BCUT2D eigenvalue weighted by Gasteiger charge is -1.89. The molecule has 5 nitrogen and oxygen atoms in total. The van der Waals surface area contributed by atoms with Crippen LogP contribution in [-0.4, -0.2) is 28.6 Å². The molecular weight excluding hydrogens is 218 g/mol.